The summed E-state index contributed by atoms with van der Waals surface area (Å²) in [5.41, 5.74) is 2.14. The van der Waals surface area contributed by atoms with E-state index >= 15 is 0 Å². The fourth-order valence-corrected chi connectivity index (χ4v) is 6.46. The summed E-state index contributed by atoms with van der Waals surface area (Å²) < 4.78 is 12.2. The number of ether oxygens (including phenoxy) is 2. The quantitative estimate of drug-likeness (QED) is 0.668. The molecule has 4 aliphatic rings. The van der Waals surface area contributed by atoms with Gasteiger partial charge in [-0.15, -0.1) is 0 Å². The monoisotopic (exact) mass is 316 g/mol. The molecule has 128 valence electrons. The highest BCUT2D eigenvalue weighted by Gasteiger charge is 2.84. The predicted octanol–water partition coefficient (Wildman–Crippen LogP) is 4.96. The van der Waals surface area contributed by atoms with Crippen molar-refractivity contribution in [2.24, 2.45) is 34.5 Å². The highest BCUT2D eigenvalue weighted by atomic mass is 16.7. The van der Waals surface area contributed by atoms with Crippen molar-refractivity contribution in [3.63, 3.8) is 0 Å². The Morgan fingerprint density at radius 1 is 1.43 bits per heavy atom. The second kappa shape index (κ2) is 5.20. The lowest BCUT2D eigenvalue weighted by atomic mass is 9.55. The molecule has 0 aromatic rings. The van der Waals surface area contributed by atoms with Crippen LogP contribution in [-0.4, -0.2) is 19.5 Å². The van der Waals surface area contributed by atoms with Crippen molar-refractivity contribution < 1.29 is 9.47 Å². The average Bonchev–Trinajstić information content (AvgIpc) is 2.82. The van der Waals surface area contributed by atoms with Crippen LogP contribution >= 0.6 is 0 Å². The molecule has 2 heteroatoms. The summed E-state index contributed by atoms with van der Waals surface area (Å²) in [5, 5.41) is 0. The van der Waals surface area contributed by atoms with Gasteiger partial charge in [0.25, 0.3) is 0 Å². The van der Waals surface area contributed by atoms with Gasteiger partial charge in [0.1, 0.15) is 0 Å². The first-order valence-corrected chi connectivity index (χ1v) is 9.46. The van der Waals surface area contributed by atoms with Crippen LogP contribution in [0.3, 0.4) is 0 Å². The highest BCUT2D eigenvalue weighted by Crippen LogP contribution is 2.82. The highest BCUT2D eigenvalue weighted by molar-refractivity contribution is 5.40. The minimum atomic E-state index is 0.0201. The van der Waals surface area contributed by atoms with E-state index in [0.717, 1.165) is 11.8 Å². The van der Waals surface area contributed by atoms with Crippen LogP contribution in [-0.2, 0) is 9.47 Å². The van der Waals surface area contributed by atoms with Crippen molar-refractivity contribution in [1.29, 1.82) is 0 Å². The standard InChI is InChI=1S/C21H32O2/c1-13(2)7-6-8-14(3)15-9-11-20(4)12-10-16-18-21(16,20)17(15)19(22-5)23-18/h7,10,12,14-19H,6,8-9,11H2,1-5H3/t14-,15+,16+,17+,18+,19-,20-,21-/m1/s1. The Balaban J connectivity index is 1.57. The van der Waals surface area contributed by atoms with Gasteiger partial charge >= 0.3 is 0 Å². The molecule has 3 aliphatic carbocycles. The topological polar surface area (TPSA) is 18.5 Å². The van der Waals surface area contributed by atoms with Crippen LogP contribution in [0.25, 0.3) is 0 Å². The SMILES string of the molecule is CO[C@@H]1O[C@H]2[C@@H]3C=C[C@@]4(C)CC[C@@H]([C@H](C)CCC=C(C)C)[C@@H]1[C@]324. The first-order valence-electron chi connectivity index (χ1n) is 9.46. The summed E-state index contributed by atoms with van der Waals surface area (Å²) in [4.78, 5) is 0. The van der Waals surface area contributed by atoms with Crippen LogP contribution in [0.5, 0.6) is 0 Å². The van der Waals surface area contributed by atoms with E-state index in [0.29, 0.717) is 28.8 Å². The molecule has 23 heavy (non-hydrogen) atoms. The summed E-state index contributed by atoms with van der Waals surface area (Å²) in [6.45, 7) is 9.33. The van der Waals surface area contributed by atoms with Gasteiger partial charge in [0.05, 0.1) is 6.10 Å². The molecule has 0 unspecified atom stereocenters. The van der Waals surface area contributed by atoms with Gasteiger partial charge in [-0.3, -0.25) is 0 Å². The fourth-order valence-electron chi connectivity index (χ4n) is 6.46. The van der Waals surface area contributed by atoms with E-state index < -0.39 is 0 Å². The van der Waals surface area contributed by atoms with Gasteiger partial charge in [0.2, 0.25) is 0 Å². The molecule has 1 spiro atoms. The van der Waals surface area contributed by atoms with Crippen LogP contribution < -0.4 is 0 Å². The van der Waals surface area contributed by atoms with Gasteiger partial charge in [-0.05, 0) is 56.8 Å². The lowest BCUT2D eigenvalue weighted by Crippen LogP contribution is -2.47. The zero-order valence-electron chi connectivity index (χ0n) is 15.3. The summed E-state index contributed by atoms with van der Waals surface area (Å²) in [5.74, 6) is 2.74. The van der Waals surface area contributed by atoms with E-state index in [1.54, 1.807) is 0 Å². The molecule has 4 rings (SSSR count). The third-order valence-corrected chi connectivity index (χ3v) is 7.62. The number of fused-ring (bicyclic) bond motifs is 1. The number of rotatable bonds is 5. The first kappa shape index (κ1) is 15.9. The van der Waals surface area contributed by atoms with E-state index in [4.69, 9.17) is 9.47 Å². The molecule has 1 aliphatic heterocycles. The maximum absolute atomic E-state index is 6.36. The molecule has 1 heterocycles. The molecule has 0 N–H and O–H groups in total. The lowest BCUT2D eigenvalue weighted by Gasteiger charge is -2.49. The molecule has 8 atom stereocenters. The smallest absolute Gasteiger partial charge is 0.161 e. The maximum Gasteiger partial charge on any atom is 0.161 e. The minimum absolute atomic E-state index is 0.0201. The van der Waals surface area contributed by atoms with Crippen LogP contribution in [0.4, 0.5) is 0 Å². The van der Waals surface area contributed by atoms with Gasteiger partial charge < -0.3 is 9.47 Å². The molecule has 0 aromatic heterocycles. The third-order valence-electron chi connectivity index (χ3n) is 7.62. The van der Waals surface area contributed by atoms with Crippen molar-refractivity contribution in [1.82, 2.24) is 0 Å². The Kier molecular flexibility index (Phi) is 3.59. The van der Waals surface area contributed by atoms with E-state index in [1.807, 2.05) is 7.11 Å². The summed E-state index contributed by atoms with van der Waals surface area (Å²) in [6.07, 6.45) is 13.0. The van der Waals surface area contributed by atoms with E-state index in [9.17, 15) is 0 Å². The minimum Gasteiger partial charge on any atom is -0.356 e. The van der Waals surface area contributed by atoms with Crippen LogP contribution in [0.15, 0.2) is 23.8 Å². The number of hydrogen-bond acceptors (Lipinski definition) is 2. The number of methoxy groups -OCH3 is 1. The molecule has 0 bridgehead atoms. The summed E-state index contributed by atoms with van der Waals surface area (Å²) in [7, 11) is 1.83. The van der Waals surface area contributed by atoms with E-state index in [-0.39, 0.29) is 6.29 Å². The predicted molar refractivity (Wildman–Crippen MR) is 92.9 cm³/mol. The van der Waals surface area contributed by atoms with Crippen molar-refractivity contribution in [2.45, 2.75) is 65.8 Å². The Hall–Kier alpha value is -0.600. The third kappa shape index (κ3) is 1.94. The Morgan fingerprint density at radius 2 is 2.22 bits per heavy atom. The number of hydrogen-bond donors (Lipinski definition) is 0. The number of allylic oxidation sites excluding steroid dienone is 3. The average molecular weight is 316 g/mol. The lowest BCUT2D eigenvalue weighted by molar-refractivity contribution is -0.162. The van der Waals surface area contributed by atoms with Gasteiger partial charge in [-0.25, -0.2) is 0 Å². The summed E-state index contributed by atoms with van der Waals surface area (Å²) in [6, 6.07) is 0. The molecule has 2 saturated carbocycles. The molecule has 0 radical (unpaired) electrons. The van der Waals surface area contributed by atoms with Crippen molar-refractivity contribution in [3.05, 3.63) is 23.8 Å². The second-order valence-corrected chi connectivity index (χ2v) is 8.96. The second-order valence-electron chi connectivity index (χ2n) is 8.96. The van der Waals surface area contributed by atoms with Gasteiger partial charge in [-0.2, -0.15) is 0 Å². The maximum atomic E-state index is 6.36. The first-order chi connectivity index (χ1) is 11.0. The van der Waals surface area contributed by atoms with Gasteiger partial charge in [0, 0.05) is 24.4 Å². The van der Waals surface area contributed by atoms with Crippen molar-refractivity contribution in [2.75, 3.05) is 7.11 Å². The molecule has 2 nitrogen and oxygen atoms in total. The van der Waals surface area contributed by atoms with Crippen molar-refractivity contribution in [3.8, 4) is 0 Å². The zero-order chi connectivity index (χ0) is 16.4. The van der Waals surface area contributed by atoms with Crippen LogP contribution in [0.2, 0.25) is 0 Å². The molecule has 1 saturated heterocycles. The van der Waals surface area contributed by atoms with Gasteiger partial charge in [-0.1, -0.05) is 37.6 Å². The molecule has 0 amide bonds. The summed E-state index contributed by atoms with van der Waals surface area (Å²) >= 11 is 0. The zero-order valence-corrected chi connectivity index (χ0v) is 15.3. The van der Waals surface area contributed by atoms with Gasteiger partial charge in [0.15, 0.2) is 6.29 Å². The molecular weight excluding hydrogens is 284 g/mol. The Labute approximate surface area is 141 Å². The van der Waals surface area contributed by atoms with Crippen LogP contribution in [0.1, 0.15) is 53.4 Å². The Morgan fingerprint density at radius 3 is 2.91 bits per heavy atom. The molecular formula is C21H32O2. The molecule has 0 aromatic carbocycles. The van der Waals surface area contributed by atoms with Crippen LogP contribution in [0, 0.1) is 34.5 Å². The normalized spacial score (nSPS) is 50.4. The van der Waals surface area contributed by atoms with Crippen molar-refractivity contribution >= 4 is 0 Å². The fraction of sp³-hybridized carbons (Fsp3) is 0.810. The largest absolute Gasteiger partial charge is 0.356 e. The van der Waals surface area contributed by atoms with E-state index in [1.165, 1.54) is 31.3 Å². The van der Waals surface area contributed by atoms with E-state index in [2.05, 4.69) is 45.9 Å². The Bertz CT molecular complexity index is 546. The molecule has 3 fully saturated rings.